The molecule has 0 aromatic carbocycles. The van der Waals surface area contributed by atoms with Crippen LogP contribution in [0.2, 0.25) is 0 Å². The summed E-state index contributed by atoms with van der Waals surface area (Å²) in [7, 11) is -2.74. The third-order valence-electron chi connectivity index (χ3n) is 7.65. The summed E-state index contributed by atoms with van der Waals surface area (Å²) < 4.78 is 34.1. The number of allylic oxidation sites excluding steroid dienone is 1. The lowest BCUT2D eigenvalue weighted by atomic mass is 10.0. The van der Waals surface area contributed by atoms with E-state index in [4.69, 9.17) is 4.74 Å². The highest BCUT2D eigenvalue weighted by molar-refractivity contribution is 7.87. The predicted octanol–water partition coefficient (Wildman–Crippen LogP) is 1.97. The van der Waals surface area contributed by atoms with Crippen LogP contribution in [-0.2, 0) is 29.3 Å². The number of nitrogens with zero attached hydrogens (tertiary/aromatic N) is 2. The second kappa shape index (κ2) is 12.5. The van der Waals surface area contributed by atoms with Crippen molar-refractivity contribution in [3.05, 3.63) is 12.2 Å². The number of alkyl carbamates (subject to hydrolysis) is 1. The van der Waals surface area contributed by atoms with Gasteiger partial charge in [0.05, 0.1) is 0 Å². The molecule has 0 bridgehead atoms. The Balaban J connectivity index is 1.85. The second-order valence-corrected chi connectivity index (χ2v) is 14.0. The van der Waals surface area contributed by atoms with E-state index in [2.05, 4.69) is 15.4 Å². The number of hydrogen-bond acceptors (Lipinski definition) is 7. The van der Waals surface area contributed by atoms with E-state index in [9.17, 15) is 27.6 Å². The lowest BCUT2D eigenvalue weighted by molar-refractivity contribution is -0.141. The predicted molar refractivity (Wildman–Crippen MR) is 149 cm³/mol. The summed E-state index contributed by atoms with van der Waals surface area (Å²) in [6, 6.07) is -2.07. The summed E-state index contributed by atoms with van der Waals surface area (Å²) in [5, 5.41) is 5.51. The molecular weight excluding hydrogens is 538 g/mol. The van der Waals surface area contributed by atoms with Crippen LogP contribution in [0.1, 0.15) is 86.0 Å². The van der Waals surface area contributed by atoms with E-state index in [1.54, 1.807) is 34.6 Å². The van der Waals surface area contributed by atoms with Gasteiger partial charge in [0.25, 0.3) is 5.91 Å². The Bertz CT molecular complexity index is 1120. The minimum absolute atomic E-state index is 0.255. The second-order valence-electron chi connectivity index (χ2n) is 12.3. The van der Waals surface area contributed by atoms with Crippen molar-refractivity contribution >= 4 is 34.0 Å². The van der Waals surface area contributed by atoms with Gasteiger partial charge < -0.3 is 20.3 Å². The Morgan fingerprint density at radius 1 is 1.15 bits per heavy atom. The topological polar surface area (TPSA) is 154 Å². The third-order valence-corrected chi connectivity index (χ3v) is 9.28. The minimum Gasteiger partial charge on any atom is -0.444 e. The first kappa shape index (κ1) is 31.9. The highest BCUT2D eigenvalue weighted by Gasteiger charge is 2.61. The molecule has 4 amide bonds. The number of rotatable bonds is 5. The van der Waals surface area contributed by atoms with Crippen LogP contribution >= 0.6 is 0 Å². The Kier molecular flexibility index (Phi) is 9.92. The molecule has 0 radical (unpaired) electrons. The molecule has 40 heavy (non-hydrogen) atoms. The molecule has 2 heterocycles. The maximum Gasteiger partial charge on any atom is 0.408 e. The molecule has 2 fully saturated rings. The fourth-order valence-corrected chi connectivity index (χ4v) is 6.22. The van der Waals surface area contributed by atoms with Crippen molar-refractivity contribution in [2.75, 3.05) is 13.6 Å². The van der Waals surface area contributed by atoms with Crippen LogP contribution in [-0.4, -0.2) is 84.3 Å². The van der Waals surface area contributed by atoms with Crippen LogP contribution in [0.15, 0.2) is 12.2 Å². The number of ether oxygens (including phenoxy) is 1. The molecule has 3 aliphatic rings. The van der Waals surface area contributed by atoms with Gasteiger partial charge in [0, 0.05) is 25.6 Å². The molecule has 3 N–H and O–H groups in total. The number of carbonyl (C=O) groups is 4. The first-order valence-electron chi connectivity index (χ1n) is 14.2. The molecular formula is C27H45N5O7S. The number of carbonyl (C=O) groups excluding carboxylic acids is 4. The molecule has 226 valence electrons. The first-order valence-corrected chi connectivity index (χ1v) is 15.6. The van der Waals surface area contributed by atoms with E-state index < -0.39 is 51.3 Å². The maximum absolute atomic E-state index is 13.6. The summed E-state index contributed by atoms with van der Waals surface area (Å²) in [6.45, 7) is 8.92. The van der Waals surface area contributed by atoms with Gasteiger partial charge in [-0.2, -0.15) is 12.7 Å². The lowest BCUT2D eigenvalue weighted by Crippen LogP contribution is -2.59. The summed E-state index contributed by atoms with van der Waals surface area (Å²) in [5.74, 6) is -2.05. The Morgan fingerprint density at radius 3 is 2.50 bits per heavy atom. The number of amides is 4. The van der Waals surface area contributed by atoms with Crippen LogP contribution in [0.25, 0.3) is 0 Å². The van der Waals surface area contributed by atoms with Gasteiger partial charge in [-0.15, -0.1) is 0 Å². The van der Waals surface area contributed by atoms with E-state index >= 15 is 0 Å². The molecule has 0 aromatic heterocycles. The SMILES string of the molecule is CC(C)N(C)S(=O)(=O)NC(=O)[C@@]12C[C@H]1C=CCCCCC[C@H](NC(=O)OC(C)(C)C)C(=O)N1CCC[C@H]1C(=O)N2. The molecule has 4 atom stereocenters. The van der Waals surface area contributed by atoms with Gasteiger partial charge in [0.15, 0.2) is 0 Å². The van der Waals surface area contributed by atoms with Crippen LogP contribution in [0.5, 0.6) is 0 Å². The molecule has 3 rings (SSSR count). The molecule has 0 spiro atoms. The van der Waals surface area contributed by atoms with Crippen molar-refractivity contribution < 1.29 is 32.3 Å². The zero-order valence-electron chi connectivity index (χ0n) is 24.5. The monoisotopic (exact) mass is 583 g/mol. The molecule has 13 heteroatoms. The van der Waals surface area contributed by atoms with Gasteiger partial charge in [0.2, 0.25) is 11.8 Å². The average molecular weight is 584 g/mol. The summed E-state index contributed by atoms with van der Waals surface area (Å²) in [6.07, 6.45) is 7.83. The fraction of sp³-hybridized carbons (Fsp3) is 0.778. The van der Waals surface area contributed by atoms with Crippen molar-refractivity contribution in [3.8, 4) is 0 Å². The molecule has 0 unspecified atom stereocenters. The normalized spacial score (nSPS) is 28.2. The molecule has 0 aromatic rings. The van der Waals surface area contributed by atoms with Crippen molar-refractivity contribution in [1.82, 2.24) is 24.6 Å². The summed E-state index contributed by atoms with van der Waals surface area (Å²) in [5.41, 5.74) is -2.16. The molecule has 1 saturated heterocycles. The van der Waals surface area contributed by atoms with E-state index in [1.807, 2.05) is 12.2 Å². The first-order chi connectivity index (χ1) is 18.6. The standard InChI is InChI=1S/C27H45N5O7S/c1-18(2)31(6)40(37,38)30-24(35)27-17-19(27)13-10-8-7-9-11-14-20(28-25(36)39-26(3,4)5)23(34)32-16-12-15-21(32)22(33)29-27/h10,13,18-21H,7-9,11-12,14-17H2,1-6H3,(H,28,36)(H,29,33)(H,30,35)/t19-,20+,21+,27-/m1/s1. The van der Waals surface area contributed by atoms with Crippen LogP contribution < -0.4 is 15.4 Å². The zero-order chi connectivity index (χ0) is 29.9. The minimum atomic E-state index is -4.12. The molecule has 1 aliphatic carbocycles. The maximum atomic E-state index is 13.6. The average Bonchev–Trinajstić information content (AvgIpc) is 3.30. The smallest absolute Gasteiger partial charge is 0.408 e. The van der Waals surface area contributed by atoms with E-state index in [0.29, 0.717) is 32.2 Å². The van der Waals surface area contributed by atoms with Crippen molar-refractivity contribution in [3.63, 3.8) is 0 Å². The number of nitrogens with one attached hydrogen (secondary N) is 3. The Hall–Kier alpha value is -2.67. The Morgan fingerprint density at radius 2 is 1.85 bits per heavy atom. The van der Waals surface area contributed by atoms with E-state index in [0.717, 1.165) is 23.6 Å². The number of hydrogen-bond donors (Lipinski definition) is 3. The van der Waals surface area contributed by atoms with Crippen LogP contribution in [0, 0.1) is 5.92 Å². The molecule has 12 nitrogen and oxygen atoms in total. The van der Waals surface area contributed by atoms with Gasteiger partial charge in [-0.25, -0.2) is 9.52 Å². The van der Waals surface area contributed by atoms with Crippen molar-refractivity contribution in [1.29, 1.82) is 0 Å². The lowest BCUT2D eigenvalue weighted by Gasteiger charge is -2.31. The fourth-order valence-electron chi connectivity index (χ4n) is 5.10. The quantitative estimate of drug-likeness (QED) is 0.418. The number of fused-ring (bicyclic) bond motifs is 2. The van der Waals surface area contributed by atoms with Crippen LogP contribution in [0.3, 0.4) is 0 Å². The highest BCUT2D eigenvalue weighted by atomic mass is 32.2. The molecule has 2 aliphatic heterocycles. The largest absolute Gasteiger partial charge is 0.444 e. The molecule has 1 saturated carbocycles. The summed E-state index contributed by atoms with van der Waals surface area (Å²) >= 11 is 0. The van der Waals surface area contributed by atoms with E-state index in [-0.39, 0.29) is 24.3 Å². The van der Waals surface area contributed by atoms with Gasteiger partial charge in [-0.1, -0.05) is 25.0 Å². The third kappa shape index (κ3) is 7.74. The van der Waals surface area contributed by atoms with Crippen molar-refractivity contribution in [2.24, 2.45) is 5.92 Å². The van der Waals surface area contributed by atoms with Crippen molar-refractivity contribution in [2.45, 2.75) is 115 Å². The highest BCUT2D eigenvalue weighted by Crippen LogP contribution is 2.45. The van der Waals surface area contributed by atoms with Gasteiger partial charge in [0.1, 0.15) is 23.2 Å². The zero-order valence-corrected chi connectivity index (χ0v) is 25.3. The van der Waals surface area contributed by atoms with Gasteiger partial charge in [-0.05, 0) is 73.1 Å². The Labute approximate surface area is 237 Å². The summed E-state index contributed by atoms with van der Waals surface area (Å²) in [4.78, 5) is 54.6. The van der Waals surface area contributed by atoms with Gasteiger partial charge in [-0.3, -0.25) is 14.4 Å². The van der Waals surface area contributed by atoms with Crippen LogP contribution in [0.4, 0.5) is 4.79 Å². The van der Waals surface area contributed by atoms with E-state index in [1.165, 1.54) is 11.9 Å². The van der Waals surface area contributed by atoms with Gasteiger partial charge >= 0.3 is 16.3 Å².